The van der Waals surface area contributed by atoms with Gasteiger partial charge in [0.25, 0.3) is 0 Å². The van der Waals surface area contributed by atoms with E-state index < -0.39 is 0 Å². The molecule has 2 rings (SSSR count). The van der Waals surface area contributed by atoms with Gasteiger partial charge in [-0.25, -0.2) is 0 Å². The molecule has 0 aliphatic rings. The lowest BCUT2D eigenvalue weighted by Gasteiger charge is -2.04. The Bertz CT molecular complexity index is 511. The highest BCUT2D eigenvalue weighted by atomic mass is 79.9. The van der Waals surface area contributed by atoms with Crippen molar-refractivity contribution in [3.05, 3.63) is 46.4 Å². The van der Waals surface area contributed by atoms with E-state index in [-0.39, 0.29) is 0 Å². The van der Waals surface area contributed by atoms with Crippen LogP contribution in [0.25, 0.3) is 10.8 Å². The van der Waals surface area contributed by atoms with Crippen molar-refractivity contribution in [1.29, 1.82) is 5.26 Å². The molecule has 68 valence electrons. The SMILES string of the molecule is N#CCc1cccc2c(Br)cccc12. The van der Waals surface area contributed by atoms with Crippen molar-refractivity contribution in [1.82, 2.24) is 0 Å². The fraction of sp³-hybridized carbons (Fsp3) is 0.0833. The Morgan fingerprint density at radius 2 is 1.79 bits per heavy atom. The first kappa shape index (κ1) is 9.23. The number of rotatable bonds is 1. The molecule has 2 aromatic rings. The van der Waals surface area contributed by atoms with Crippen LogP contribution in [0.1, 0.15) is 5.56 Å². The van der Waals surface area contributed by atoms with Crippen LogP contribution >= 0.6 is 15.9 Å². The van der Waals surface area contributed by atoms with Crippen LogP contribution in [0.4, 0.5) is 0 Å². The van der Waals surface area contributed by atoms with Gasteiger partial charge < -0.3 is 0 Å². The molecular weight excluding hydrogens is 238 g/mol. The average molecular weight is 246 g/mol. The summed E-state index contributed by atoms with van der Waals surface area (Å²) < 4.78 is 1.08. The number of halogens is 1. The van der Waals surface area contributed by atoms with Gasteiger partial charge in [-0.15, -0.1) is 0 Å². The summed E-state index contributed by atoms with van der Waals surface area (Å²) in [5, 5.41) is 11.0. The molecule has 0 heterocycles. The third-order valence-electron chi connectivity index (χ3n) is 2.23. The number of nitrogens with zero attached hydrogens (tertiary/aromatic N) is 1. The molecule has 0 spiro atoms. The average Bonchev–Trinajstić information content (AvgIpc) is 2.20. The molecule has 2 heteroatoms. The second-order valence-electron chi connectivity index (χ2n) is 3.09. The van der Waals surface area contributed by atoms with Crippen molar-refractivity contribution in [2.24, 2.45) is 0 Å². The zero-order chi connectivity index (χ0) is 9.97. The van der Waals surface area contributed by atoms with Gasteiger partial charge in [-0.1, -0.05) is 46.3 Å². The first-order valence-corrected chi connectivity index (χ1v) is 5.15. The van der Waals surface area contributed by atoms with Crippen LogP contribution < -0.4 is 0 Å². The molecule has 14 heavy (non-hydrogen) atoms. The highest BCUT2D eigenvalue weighted by molar-refractivity contribution is 9.10. The molecule has 0 N–H and O–H groups in total. The highest BCUT2D eigenvalue weighted by Gasteiger charge is 2.01. The van der Waals surface area contributed by atoms with E-state index in [0.717, 1.165) is 15.4 Å². The third-order valence-corrected chi connectivity index (χ3v) is 2.92. The molecule has 0 bridgehead atoms. The fourth-order valence-corrected chi connectivity index (χ4v) is 2.07. The summed E-state index contributed by atoms with van der Waals surface area (Å²) >= 11 is 3.50. The lowest BCUT2D eigenvalue weighted by Crippen LogP contribution is -1.84. The van der Waals surface area contributed by atoms with Gasteiger partial charge in [0.15, 0.2) is 0 Å². The Kier molecular flexibility index (Phi) is 2.51. The van der Waals surface area contributed by atoms with Gasteiger partial charge in [0.1, 0.15) is 0 Å². The van der Waals surface area contributed by atoms with Crippen LogP contribution in [-0.2, 0) is 6.42 Å². The number of fused-ring (bicyclic) bond motifs is 1. The predicted molar refractivity (Wildman–Crippen MR) is 61.0 cm³/mol. The molecule has 1 nitrogen and oxygen atoms in total. The first-order valence-electron chi connectivity index (χ1n) is 4.36. The molecule has 0 fully saturated rings. The standard InChI is InChI=1S/C12H8BrN/c13-12-6-2-4-10-9(7-8-14)3-1-5-11(10)12/h1-6H,7H2. The summed E-state index contributed by atoms with van der Waals surface area (Å²) in [5.74, 6) is 0. The van der Waals surface area contributed by atoms with Gasteiger partial charge in [-0.05, 0) is 22.4 Å². The van der Waals surface area contributed by atoms with Crippen LogP contribution in [0.2, 0.25) is 0 Å². The summed E-state index contributed by atoms with van der Waals surface area (Å²) in [4.78, 5) is 0. The van der Waals surface area contributed by atoms with Crippen LogP contribution in [-0.4, -0.2) is 0 Å². The Labute approximate surface area is 91.1 Å². The lowest BCUT2D eigenvalue weighted by molar-refractivity contribution is 1.29. The van der Waals surface area contributed by atoms with Crippen molar-refractivity contribution in [3.8, 4) is 6.07 Å². The maximum Gasteiger partial charge on any atom is 0.0669 e. The van der Waals surface area contributed by atoms with Crippen molar-refractivity contribution in [3.63, 3.8) is 0 Å². The first-order chi connectivity index (χ1) is 6.83. The highest BCUT2D eigenvalue weighted by Crippen LogP contribution is 2.26. The smallest absolute Gasteiger partial charge is 0.0669 e. The maximum absolute atomic E-state index is 8.69. The molecule has 0 aromatic heterocycles. The van der Waals surface area contributed by atoms with Gasteiger partial charge >= 0.3 is 0 Å². The molecule has 2 aromatic carbocycles. The van der Waals surface area contributed by atoms with Crippen molar-refractivity contribution in [2.75, 3.05) is 0 Å². The minimum atomic E-state index is 0.466. The number of hydrogen-bond acceptors (Lipinski definition) is 1. The molecular formula is C12H8BrN. The van der Waals surface area contributed by atoms with E-state index in [1.807, 2.05) is 30.3 Å². The van der Waals surface area contributed by atoms with E-state index in [0.29, 0.717) is 6.42 Å². The quantitative estimate of drug-likeness (QED) is 0.753. The molecule has 0 aliphatic heterocycles. The zero-order valence-corrected chi connectivity index (χ0v) is 9.08. The fourth-order valence-electron chi connectivity index (χ4n) is 1.58. The number of benzene rings is 2. The van der Waals surface area contributed by atoms with Crippen LogP contribution in [0.15, 0.2) is 40.9 Å². The van der Waals surface area contributed by atoms with Crippen LogP contribution in [0.5, 0.6) is 0 Å². The monoisotopic (exact) mass is 245 g/mol. The summed E-state index contributed by atoms with van der Waals surface area (Å²) in [6, 6.07) is 14.3. The largest absolute Gasteiger partial charge is 0.198 e. The summed E-state index contributed by atoms with van der Waals surface area (Å²) in [6.45, 7) is 0. The number of hydrogen-bond donors (Lipinski definition) is 0. The summed E-state index contributed by atoms with van der Waals surface area (Å²) in [5.41, 5.74) is 1.09. The lowest BCUT2D eigenvalue weighted by atomic mass is 10.0. The third kappa shape index (κ3) is 1.51. The zero-order valence-electron chi connectivity index (χ0n) is 7.50. The number of nitriles is 1. The van der Waals surface area contributed by atoms with Crippen molar-refractivity contribution >= 4 is 26.7 Å². The Morgan fingerprint density at radius 3 is 2.57 bits per heavy atom. The predicted octanol–water partition coefficient (Wildman–Crippen LogP) is 3.67. The van der Waals surface area contributed by atoms with Crippen molar-refractivity contribution < 1.29 is 0 Å². The van der Waals surface area contributed by atoms with Crippen LogP contribution in [0, 0.1) is 11.3 Å². The van der Waals surface area contributed by atoms with E-state index in [9.17, 15) is 0 Å². The van der Waals surface area contributed by atoms with Gasteiger partial charge in [-0.2, -0.15) is 5.26 Å². The summed E-state index contributed by atoms with van der Waals surface area (Å²) in [7, 11) is 0. The Balaban J connectivity index is 2.76. The summed E-state index contributed by atoms with van der Waals surface area (Å²) in [6.07, 6.45) is 0.466. The van der Waals surface area contributed by atoms with E-state index in [4.69, 9.17) is 5.26 Å². The van der Waals surface area contributed by atoms with Crippen LogP contribution in [0.3, 0.4) is 0 Å². The van der Waals surface area contributed by atoms with Gasteiger partial charge in [0.2, 0.25) is 0 Å². The Morgan fingerprint density at radius 1 is 1.07 bits per heavy atom. The molecule has 0 radical (unpaired) electrons. The van der Waals surface area contributed by atoms with Gasteiger partial charge in [-0.3, -0.25) is 0 Å². The van der Waals surface area contributed by atoms with Crippen molar-refractivity contribution in [2.45, 2.75) is 6.42 Å². The normalized spacial score (nSPS) is 10.0. The Hall–Kier alpha value is -1.33. The molecule has 0 saturated heterocycles. The van der Waals surface area contributed by atoms with E-state index >= 15 is 0 Å². The topological polar surface area (TPSA) is 23.8 Å². The minimum Gasteiger partial charge on any atom is -0.198 e. The van der Waals surface area contributed by atoms with Gasteiger partial charge in [0.05, 0.1) is 12.5 Å². The molecule has 0 saturated carbocycles. The van der Waals surface area contributed by atoms with E-state index in [1.165, 1.54) is 5.39 Å². The maximum atomic E-state index is 8.69. The molecule has 0 atom stereocenters. The van der Waals surface area contributed by atoms with Gasteiger partial charge in [0, 0.05) is 4.47 Å². The second-order valence-corrected chi connectivity index (χ2v) is 3.94. The molecule has 0 aliphatic carbocycles. The second kappa shape index (κ2) is 3.81. The van der Waals surface area contributed by atoms with E-state index in [1.54, 1.807) is 0 Å². The minimum absolute atomic E-state index is 0.466. The molecule has 0 unspecified atom stereocenters. The van der Waals surface area contributed by atoms with E-state index in [2.05, 4.69) is 28.1 Å². The molecule has 0 amide bonds.